The second kappa shape index (κ2) is 8.08. The van der Waals surface area contributed by atoms with E-state index in [0.717, 1.165) is 22.4 Å². The van der Waals surface area contributed by atoms with Gasteiger partial charge >= 0.3 is 0 Å². The average molecular weight is 410 g/mol. The summed E-state index contributed by atoms with van der Waals surface area (Å²) in [6.45, 7) is 13.0. The van der Waals surface area contributed by atoms with Gasteiger partial charge in [-0.3, -0.25) is 9.78 Å². The summed E-state index contributed by atoms with van der Waals surface area (Å²) in [5.41, 5.74) is 3.62. The van der Waals surface area contributed by atoms with Gasteiger partial charge in [0.15, 0.2) is 11.3 Å². The number of ketones is 1. The molecule has 0 saturated carbocycles. The maximum Gasteiger partial charge on any atom is 0.210 e. The molecule has 0 amide bonds. The van der Waals surface area contributed by atoms with Crippen LogP contribution < -0.4 is 4.74 Å². The van der Waals surface area contributed by atoms with Gasteiger partial charge in [0.25, 0.3) is 0 Å². The van der Waals surface area contributed by atoms with E-state index in [2.05, 4.69) is 9.83 Å². The summed E-state index contributed by atoms with van der Waals surface area (Å²) >= 11 is 0. The smallest absolute Gasteiger partial charge is 0.210 e. The van der Waals surface area contributed by atoms with Gasteiger partial charge in [0.2, 0.25) is 5.78 Å². The van der Waals surface area contributed by atoms with Crippen LogP contribution in [0.15, 0.2) is 66.9 Å². The van der Waals surface area contributed by atoms with E-state index in [0.29, 0.717) is 29.4 Å². The Balaban J connectivity index is 1.61. The molecule has 3 aromatic rings. The molecule has 5 nitrogen and oxygen atoms in total. The number of carbonyl (C=O) groups excluding carboxylic acids is 1. The first-order valence-electron chi connectivity index (χ1n) is 9.98. The van der Waals surface area contributed by atoms with Crippen molar-refractivity contribution in [1.82, 2.24) is 4.98 Å². The highest BCUT2D eigenvalue weighted by atomic mass is 16.5. The molecule has 31 heavy (non-hydrogen) atoms. The normalized spacial score (nSPS) is 14.8. The van der Waals surface area contributed by atoms with Crippen molar-refractivity contribution in [3.8, 4) is 5.75 Å². The number of nitrogens with zero attached hydrogens (tertiary/aromatic N) is 2. The molecule has 0 aliphatic carbocycles. The van der Waals surface area contributed by atoms with Gasteiger partial charge in [-0.25, -0.2) is 4.85 Å². The van der Waals surface area contributed by atoms with Crippen molar-refractivity contribution in [2.24, 2.45) is 0 Å². The van der Waals surface area contributed by atoms with E-state index >= 15 is 0 Å². The maximum absolute atomic E-state index is 13.1. The molecule has 1 aliphatic heterocycles. The number of rotatable bonds is 5. The van der Waals surface area contributed by atoms with Crippen molar-refractivity contribution in [3.05, 3.63) is 101 Å². The lowest BCUT2D eigenvalue weighted by Gasteiger charge is -2.17. The van der Waals surface area contributed by atoms with Crippen LogP contribution in [-0.2, 0) is 16.1 Å². The van der Waals surface area contributed by atoms with Gasteiger partial charge in [-0.2, -0.15) is 0 Å². The summed E-state index contributed by atoms with van der Waals surface area (Å²) in [7, 11) is 0. The van der Waals surface area contributed by atoms with E-state index in [1.807, 2.05) is 61.7 Å². The molecular formula is C26H22N2O3. The largest absolute Gasteiger partial charge is 0.487 e. The molecule has 4 rings (SSSR count). The lowest BCUT2D eigenvalue weighted by molar-refractivity contribution is -0.125. The zero-order chi connectivity index (χ0) is 22.0. The first-order chi connectivity index (χ1) is 14.9. The number of hydrogen-bond donors (Lipinski definition) is 0. The number of hydrogen-bond acceptors (Lipinski definition) is 4. The first kappa shape index (κ1) is 20.4. The van der Waals surface area contributed by atoms with Gasteiger partial charge in [-0.05, 0) is 50.1 Å². The number of carbonyl (C=O) groups is 1. The minimum absolute atomic E-state index is 0.0747. The zero-order valence-electron chi connectivity index (χ0n) is 17.7. The quantitative estimate of drug-likeness (QED) is 0.502. The number of aryl methyl sites for hydroxylation is 1. The Bertz CT molecular complexity index is 1180. The van der Waals surface area contributed by atoms with Crippen LogP contribution in [0, 0.1) is 13.5 Å². The Hall–Kier alpha value is -3.91. The highest BCUT2D eigenvalue weighted by Crippen LogP contribution is 2.41. The summed E-state index contributed by atoms with van der Waals surface area (Å²) in [6.07, 6.45) is 1.81. The third-order valence-corrected chi connectivity index (χ3v) is 5.12. The fourth-order valence-electron chi connectivity index (χ4n) is 3.37. The van der Waals surface area contributed by atoms with Gasteiger partial charge in [0.1, 0.15) is 18.1 Å². The Labute approximate surface area is 181 Å². The van der Waals surface area contributed by atoms with Gasteiger partial charge in [-0.15, -0.1) is 0 Å². The van der Waals surface area contributed by atoms with Gasteiger partial charge in [0, 0.05) is 11.8 Å². The van der Waals surface area contributed by atoms with Crippen LogP contribution in [0.2, 0.25) is 0 Å². The molecule has 0 fully saturated rings. The summed E-state index contributed by atoms with van der Waals surface area (Å²) < 4.78 is 11.9. The summed E-state index contributed by atoms with van der Waals surface area (Å²) in [5, 5.41) is 0. The SMILES string of the molecule is [C-]#[N+]c1ccc(C2=C(c3ccc(OCc4ccc(C)cn4)cc3)C(=O)C(C)(C)O2)cc1. The van der Waals surface area contributed by atoms with Crippen molar-refractivity contribution in [3.63, 3.8) is 0 Å². The maximum atomic E-state index is 13.1. The Kier molecular flexibility index (Phi) is 5.31. The fraction of sp³-hybridized carbons (Fsp3) is 0.192. The lowest BCUT2D eigenvalue weighted by Crippen LogP contribution is -2.29. The van der Waals surface area contributed by atoms with Crippen LogP contribution in [0.1, 0.15) is 36.2 Å². The third-order valence-electron chi connectivity index (χ3n) is 5.12. The van der Waals surface area contributed by atoms with Crippen LogP contribution in [-0.4, -0.2) is 16.4 Å². The molecule has 0 spiro atoms. The Morgan fingerprint density at radius 1 is 1.00 bits per heavy atom. The van der Waals surface area contributed by atoms with E-state index in [1.165, 1.54) is 0 Å². The monoisotopic (exact) mass is 410 g/mol. The zero-order valence-corrected chi connectivity index (χ0v) is 17.7. The third kappa shape index (κ3) is 4.19. The van der Waals surface area contributed by atoms with E-state index in [4.69, 9.17) is 16.0 Å². The molecule has 5 heteroatoms. The average Bonchev–Trinajstić information content (AvgIpc) is 3.03. The second-order valence-corrected chi connectivity index (χ2v) is 7.94. The number of pyridine rings is 1. The molecule has 0 radical (unpaired) electrons. The predicted octanol–water partition coefficient (Wildman–Crippen LogP) is 5.77. The van der Waals surface area contributed by atoms with Crippen molar-refractivity contribution >= 4 is 22.8 Å². The van der Waals surface area contributed by atoms with Crippen molar-refractivity contribution < 1.29 is 14.3 Å². The molecule has 0 unspecified atom stereocenters. The molecule has 0 saturated heterocycles. The van der Waals surface area contributed by atoms with Gasteiger partial charge in [-0.1, -0.05) is 42.5 Å². The molecular weight excluding hydrogens is 388 g/mol. The molecule has 2 heterocycles. The lowest BCUT2D eigenvalue weighted by atomic mass is 9.92. The van der Waals surface area contributed by atoms with Gasteiger partial charge in [0.05, 0.1) is 17.8 Å². The van der Waals surface area contributed by atoms with Crippen molar-refractivity contribution in [2.75, 3.05) is 0 Å². The number of ether oxygens (including phenoxy) is 2. The minimum Gasteiger partial charge on any atom is -0.487 e. The van der Waals surface area contributed by atoms with E-state index < -0.39 is 5.60 Å². The highest BCUT2D eigenvalue weighted by molar-refractivity contribution is 6.32. The van der Waals surface area contributed by atoms with E-state index in [-0.39, 0.29) is 5.78 Å². The topological polar surface area (TPSA) is 52.8 Å². The fourth-order valence-corrected chi connectivity index (χ4v) is 3.37. The minimum atomic E-state index is -0.949. The summed E-state index contributed by atoms with van der Waals surface area (Å²) in [5.74, 6) is 1.15. The van der Waals surface area contributed by atoms with Gasteiger partial charge < -0.3 is 9.47 Å². The number of benzene rings is 2. The molecule has 1 aromatic heterocycles. The number of aromatic nitrogens is 1. The predicted molar refractivity (Wildman–Crippen MR) is 119 cm³/mol. The molecule has 0 N–H and O–H groups in total. The number of Topliss-reactive ketones (excluding diaryl/α,β-unsaturated/α-hetero) is 1. The van der Waals surface area contributed by atoms with E-state index in [1.54, 1.807) is 26.0 Å². The van der Waals surface area contributed by atoms with Crippen LogP contribution >= 0.6 is 0 Å². The summed E-state index contributed by atoms with van der Waals surface area (Å²) in [4.78, 5) is 20.9. The van der Waals surface area contributed by atoms with Crippen LogP contribution in [0.4, 0.5) is 5.69 Å². The van der Waals surface area contributed by atoms with Crippen molar-refractivity contribution in [1.29, 1.82) is 0 Å². The van der Waals surface area contributed by atoms with Crippen molar-refractivity contribution in [2.45, 2.75) is 33.0 Å². The second-order valence-electron chi connectivity index (χ2n) is 7.94. The van der Waals surface area contributed by atoms with Crippen LogP contribution in [0.5, 0.6) is 5.75 Å². The molecule has 2 aromatic carbocycles. The molecule has 0 bridgehead atoms. The molecule has 1 aliphatic rings. The van der Waals surface area contributed by atoms with Crippen LogP contribution in [0.3, 0.4) is 0 Å². The standard InChI is InChI=1S/C26H22N2O3/c1-17-5-10-21(28-15-17)16-30-22-13-8-18(9-14-22)23-24(31-26(2,3)25(23)29)19-6-11-20(27-4)12-7-19/h5-15H,16H2,1-3H3. The Morgan fingerprint density at radius 3 is 2.29 bits per heavy atom. The summed E-state index contributed by atoms with van der Waals surface area (Å²) in [6, 6.07) is 18.4. The highest BCUT2D eigenvalue weighted by Gasteiger charge is 2.42. The first-order valence-corrected chi connectivity index (χ1v) is 9.98. The van der Waals surface area contributed by atoms with E-state index in [9.17, 15) is 4.79 Å². The Morgan fingerprint density at radius 2 is 1.68 bits per heavy atom. The molecule has 154 valence electrons. The molecule has 0 atom stereocenters. The van der Waals surface area contributed by atoms with Crippen LogP contribution in [0.25, 0.3) is 16.2 Å².